The van der Waals surface area contributed by atoms with Crippen LogP contribution < -0.4 is 15.8 Å². The molecular weight excluding hydrogens is 292 g/mol. The third-order valence-electron chi connectivity index (χ3n) is 2.87. The summed E-state index contributed by atoms with van der Waals surface area (Å²) in [5.74, 6) is 1.15. The number of carbonyl (C=O) groups excluding carboxylic acids is 1. The Balaban J connectivity index is 0.00000220. The van der Waals surface area contributed by atoms with Gasteiger partial charge in [-0.1, -0.05) is 0 Å². The van der Waals surface area contributed by atoms with E-state index < -0.39 is 0 Å². The van der Waals surface area contributed by atoms with Crippen LogP contribution in [0.2, 0.25) is 0 Å². The van der Waals surface area contributed by atoms with Crippen molar-refractivity contribution in [3.63, 3.8) is 0 Å². The molecular formula is C15H19ClN2O3. The minimum absolute atomic E-state index is 0. The van der Waals surface area contributed by atoms with Crippen LogP contribution in [0.25, 0.3) is 0 Å². The highest BCUT2D eigenvalue weighted by molar-refractivity contribution is 6.04. The van der Waals surface area contributed by atoms with E-state index in [2.05, 4.69) is 5.32 Å². The zero-order chi connectivity index (χ0) is 14.5. The number of hydrogen-bond donors (Lipinski definition) is 2. The van der Waals surface area contributed by atoms with Crippen LogP contribution in [-0.4, -0.2) is 12.5 Å². The summed E-state index contributed by atoms with van der Waals surface area (Å²) in [5.41, 5.74) is 7.58. The molecule has 3 N–H and O–H groups in total. The number of carbonyl (C=O) groups is 1. The number of nitrogens with two attached hydrogens (primary N) is 1. The molecule has 0 saturated heterocycles. The van der Waals surface area contributed by atoms with Gasteiger partial charge in [0.15, 0.2) is 0 Å². The highest BCUT2D eigenvalue weighted by atomic mass is 35.5. The van der Waals surface area contributed by atoms with Crippen molar-refractivity contribution in [2.24, 2.45) is 5.73 Å². The Hall–Kier alpha value is -1.98. The van der Waals surface area contributed by atoms with E-state index in [1.54, 1.807) is 6.07 Å². The molecule has 0 unspecified atom stereocenters. The number of aryl methyl sites for hydroxylation is 1. The predicted octanol–water partition coefficient (Wildman–Crippen LogP) is 3.12. The first-order chi connectivity index (χ1) is 9.63. The molecule has 114 valence electrons. The fraction of sp³-hybridized carbons (Fsp3) is 0.267. The third-order valence-corrected chi connectivity index (χ3v) is 2.87. The molecule has 0 atom stereocenters. The topological polar surface area (TPSA) is 77.5 Å². The molecule has 0 bridgehead atoms. The summed E-state index contributed by atoms with van der Waals surface area (Å²) < 4.78 is 10.6. The zero-order valence-corrected chi connectivity index (χ0v) is 12.8. The van der Waals surface area contributed by atoms with Crippen LogP contribution >= 0.6 is 12.4 Å². The molecule has 0 spiro atoms. The zero-order valence-electron chi connectivity index (χ0n) is 12.0. The Morgan fingerprint density at radius 3 is 2.71 bits per heavy atom. The molecule has 0 aliphatic carbocycles. The van der Waals surface area contributed by atoms with Crippen LogP contribution in [0, 0.1) is 6.92 Å². The van der Waals surface area contributed by atoms with Gasteiger partial charge in [-0.2, -0.15) is 0 Å². The molecule has 2 aromatic rings. The van der Waals surface area contributed by atoms with E-state index in [0.717, 1.165) is 17.0 Å². The summed E-state index contributed by atoms with van der Waals surface area (Å²) in [6.07, 6.45) is 1.40. The second-order valence-electron chi connectivity index (χ2n) is 4.37. The quantitative estimate of drug-likeness (QED) is 0.889. The van der Waals surface area contributed by atoms with E-state index in [-0.39, 0.29) is 24.9 Å². The second-order valence-corrected chi connectivity index (χ2v) is 4.37. The molecule has 2 rings (SSSR count). The molecule has 1 aromatic heterocycles. The van der Waals surface area contributed by atoms with Crippen LogP contribution in [-0.2, 0) is 6.54 Å². The Labute approximate surface area is 129 Å². The highest BCUT2D eigenvalue weighted by Crippen LogP contribution is 2.22. The van der Waals surface area contributed by atoms with Gasteiger partial charge in [-0.15, -0.1) is 12.4 Å². The molecule has 0 aliphatic heterocycles. The van der Waals surface area contributed by atoms with Crippen molar-refractivity contribution in [1.29, 1.82) is 0 Å². The van der Waals surface area contributed by atoms with E-state index in [1.165, 1.54) is 6.26 Å². The number of anilines is 1. The van der Waals surface area contributed by atoms with Gasteiger partial charge in [0, 0.05) is 5.69 Å². The summed E-state index contributed by atoms with van der Waals surface area (Å²) in [5, 5.41) is 2.84. The van der Waals surface area contributed by atoms with Crippen molar-refractivity contribution in [3.8, 4) is 5.75 Å². The van der Waals surface area contributed by atoms with Crippen molar-refractivity contribution < 1.29 is 13.9 Å². The minimum atomic E-state index is -0.222. The van der Waals surface area contributed by atoms with Gasteiger partial charge in [0.25, 0.3) is 5.91 Å². The summed E-state index contributed by atoms with van der Waals surface area (Å²) in [4.78, 5) is 12.1. The van der Waals surface area contributed by atoms with Crippen molar-refractivity contribution in [3.05, 3.63) is 47.4 Å². The largest absolute Gasteiger partial charge is 0.494 e. The van der Waals surface area contributed by atoms with Crippen molar-refractivity contribution in [1.82, 2.24) is 0 Å². The van der Waals surface area contributed by atoms with Crippen LogP contribution in [0.4, 0.5) is 5.69 Å². The van der Waals surface area contributed by atoms with Crippen molar-refractivity contribution in [2.45, 2.75) is 20.4 Å². The number of benzene rings is 1. The van der Waals surface area contributed by atoms with E-state index in [0.29, 0.717) is 17.9 Å². The monoisotopic (exact) mass is 310 g/mol. The number of furan rings is 1. The molecule has 21 heavy (non-hydrogen) atoms. The number of nitrogens with one attached hydrogen (secondary N) is 1. The van der Waals surface area contributed by atoms with Gasteiger partial charge in [-0.05, 0) is 43.7 Å². The maximum Gasteiger partial charge on any atom is 0.258 e. The summed E-state index contributed by atoms with van der Waals surface area (Å²) in [7, 11) is 0. The van der Waals surface area contributed by atoms with Gasteiger partial charge in [-0.25, -0.2) is 0 Å². The Bertz CT molecular complexity index is 611. The Morgan fingerprint density at radius 2 is 2.14 bits per heavy atom. The van der Waals surface area contributed by atoms with Crippen LogP contribution in [0.15, 0.2) is 34.9 Å². The average molecular weight is 311 g/mol. The second kappa shape index (κ2) is 7.71. The lowest BCUT2D eigenvalue weighted by molar-refractivity contribution is 0.102. The summed E-state index contributed by atoms with van der Waals surface area (Å²) in [6, 6.07) is 7.17. The number of halogens is 1. The van der Waals surface area contributed by atoms with Gasteiger partial charge in [0.05, 0.1) is 18.7 Å². The Morgan fingerprint density at radius 1 is 1.38 bits per heavy atom. The number of ether oxygens (including phenoxy) is 1. The predicted molar refractivity (Wildman–Crippen MR) is 84.1 cm³/mol. The maximum atomic E-state index is 12.1. The van der Waals surface area contributed by atoms with Gasteiger partial charge in [0.2, 0.25) is 0 Å². The van der Waals surface area contributed by atoms with Crippen LogP contribution in [0.3, 0.4) is 0 Å². The molecule has 1 amide bonds. The summed E-state index contributed by atoms with van der Waals surface area (Å²) >= 11 is 0. The molecule has 1 heterocycles. The molecule has 0 fully saturated rings. The van der Waals surface area contributed by atoms with E-state index in [9.17, 15) is 4.79 Å². The maximum absolute atomic E-state index is 12.1. The normalized spacial score (nSPS) is 9.86. The first kappa shape index (κ1) is 17.1. The molecule has 1 aromatic carbocycles. The SMILES string of the molecule is CCOc1ccc(NC(=O)c2coc(CN)c2)c(C)c1.Cl. The van der Waals surface area contributed by atoms with Gasteiger partial charge in [0.1, 0.15) is 17.8 Å². The fourth-order valence-electron chi connectivity index (χ4n) is 1.83. The molecule has 6 heteroatoms. The van der Waals surface area contributed by atoms with E-state index in [4.69, 9.17) is 14.9 Å². The lowest BCUT2D eigenvalue weighted by atomic mass is 10.2. The van der Waals surface area contributed by atoms with E-state index in [1.807, 2.05) is 32.0 Å². The first-order valence-corrected chi connectivity index (χ1v) is 6.46. The van der Waals surface area contributed by atoms with Gasteiger partial charge < -0.3 is 20.2 Å². The molecule has 0 aliphatic rings. The number of rotatable bonds is 5. The fourth-order valence-corrected chi connectivity index (χ4v) is 1.83. The average Bonchev–Trinajstić information content (AvgIpc) is 2.91. The lowest BCUT2D eigenvalue weighted by Gasteiger charge is -2.09. The molecule has 5 nitrogen and oxygen atoms in total. The van der Waals surface area contributed by atoms with Crippen molar-refractivity contribution >= 4 is 24.0 Å². The van der Waals surface area contributed by atoms with Crippen molar-refractivity contribution in [2.75, 3.05) is 11.9 Å². The van der Waals surface area contributed by atoms with Gasteiger partial charge >= 0.3 is 0 Å². The standard InChI is InChI=1S/C15H18N2O3.ClH/c1-3-19-12-4-5-14(10(2)6-12)17-15(18)11-7-13(8-16)20-9-11;/h4-7,9H,3,8,16H2,1-2H3,(H,17,18);1H. The molecule has 0 saturated carbocycles. The molecule has 0 radical (unpaired) electrons. The highest BCUT2D eigenvalue weighted by Gasteiger charge is 2.11. The minimum Gasteiger partial charge on any atom is -0.494 e. The summed E-state index contributed by atoms with van der Waals surface area (Å²) in [6.45, 7) is 4.73. The third kappa shape index (κ3) is 4.24. The van der Waals surface area contributed by atoms with Crippen LogP contribution in [0.5, 0.6) is 5.75 Å². The number of hydrogen-bond acceptors (Lipinski definition) is 4. The smallest absolute Gasteiger partial charge is 0.258 e. The van der Waals surface area contributed by atoms with E-state index >= 15 is 0 Å². The first-order valence-electron chi connectivity index (χ1n) is 6.46. The van der Waals surface area contributed by atoms with Crippen LogP contribution in [0.1, 0.15) is 28.6 Å². The lowest BCUT2D eigenvalue weighted by Crippen LogP contribution is -2.12. The van der Waals surface area contributed by atoms with Gasteiger partial charge in [-0.3, -0.25) is 4.79 Å². The Kier molecular flexibility index (Phi) is 6.27. The number of amides is 1.